The van der Waals surface area contributed by atoms with Gasteiger partial charge in [-0.2, -0.15) is 0 Å². The van der Waals surface area contributed by atoms with E-state index in [9.17, 15) is 9.59 Å². The van der Waals surface area contributed by atoms with E-state index < -0.39 is 14.9 Å². The Labute approximate surface area is 284 Å². The molecular weight excluding hydrogens is 614 g/mol. The molecule has 2 aromatic rings. The van der Waals surface area contributed by atoms with Crippen LogP contribution in [0.1, 0.15) is 104 Å². The fourth-order valence-electron chi connectivity index (χ4n) is 5.16. The van der Waals surface area contributed by atoms with Gasteiger partial charge in [0, 0.05) is 38.5 Å². The summed E-state index contributed by atoms with van der Waals surface area (Å²) in [5.74, 6) is 0.539. The Kier molecular flexibility index (Phi) is 21.5. The zero-order chi connectivity index (χ0) is 34.0. The van der Waals surface area contributed by atoms with Crippen LogP contribution in [0.25, 0.3) is 16.8 Å². The quantitative estimate of drug-likeness (QED) is 0.0434. The highest BCUT2D eigenvalue weighted by molar-refractivity contribution is 6.60. The lowest BCUT2D eigenvalue weighted by molar-refractivity contribution is -0.137. The van der Waals surface area contributed by atoms with Crippen LogP contribution in [0, 0.1) is 0 Å². The number of benzene rings is 2. The molecule has 0 radical (unpaired) electrons. The first-order valence-corrected chi connectivity index (χ1v) is 19.7. The highest BCUT2D eigenvalue weighted by atomic mass is 28.4. The molecule has 0 aromatic heterocycles. The Morgan fingerprint density at radius 3 is 1.96 bits per heavy atom. The summed E-state index contributed by atoms with van der Waals surface area (Å²) >= 11 is 0. The molecule has 2 rings (SSSR count). The van der Waals surface area contributed by atoms with Crippen LogP contribution >= 0.6 is 0 Å². The molecule has 0 spiro atoms. The molecule has 9 nitrogen and oxygen atoms in total. The molecule has 10 heteroatoms. The molecule has 0 unspecified atom stereocenters. The predicted molar refractivity (Wildman–Crippen MR) is 191 cm³/mol. The van der Waals surface area contributed by atoms with Gasteiger partial charge in [-0.3, -0.25) is 0 Å². The second-order valence-electron chi connectivity index (χ2n) is 11.4. The number of hydrogen-bond acceptors (Lipinski definition) is 8. The van der Waals surface area contributed by atoms with Gasteiger partial charge < -0.3 is 32.8 Å². The van der Waals surface area contributed by atoms with Crippen molar-refractivity contribution in [3.05, 3.63) is 48.0 Å². The molecule has 0 aliphatic heterocycles. The summed E-state index contributed by atoms with van der Waals surface area (Å²) in [6.07, 6.45) is 14.3. The summed E-state index contributed by atoms with van der Waals surface area (Å²) < 4.78 is 34.1. The monoisotopic (exact) mass is 673 g/mol. The van der Waals surface area contributed by atoms with Gasteiger partial charge in [0.25, 0.3) is 0 Å². The van der Waals surface area contributed by atoms with Crippen molar-refractivity contribution in [2.24, 2.45) is 0 Å². The van der Waals surface area contributed by atoms with E-state index in [2.05, 4.69) is 30.4 Å². The van der Waals surface area contributed by atoms with Crippen molar-refractivity contribution < 1.29 is 37.1 Å². The molecule has 0 saturated carbocycles. The van der Waals surface area contributed by atoms with Crippen molar-refractivity contribution >= 4 is 37.7 Å². The molecule has 2 aromatic carbocycles. The topological polar surface area (TPSA) is 102 Å². The van der Waals surface area contributed by atoms with Crippen molar-refractivity contribution in [1.29, 1.82) is 0 Å². The first-order valence-electron chi connectivity index (χ1n) is 17.8. The van der Waals surface area contributed by atoms with E-state index in [4.69, 9.17) is 27.5 Å². The van der Waals surface area contributed by atoms with Crippen LogP contribution in [-0.4, -0.2) is 67.1 Å². The lowest BCUT2D eigenvalue weighted by Crippen LogP contribution is -2.46. The standard InChI is InChI=1S/C37H59NO8Si/c1-5-9-10-11-12-15-26-41-35-23-22-33-30-32(19-21-34(33)31-35)20-24-36(39)42-27-16-13-14-17-28-43-37(40)38-25-18-29-47(44-6-2,45-7-3)46-8-4/h19-24,30-31H,5-18,25-29H2,1-4H3,(H,38,40)/b24-20+. The van der Waals surface area contributed by atoms with E-state index in [0.29, 0.717) is 52.0 Å². The van der Waals surface area contributed by atoms with Gasteiger partial charge in [0.1, 0.15) is 5.75 Å². The predicted octanol–water partition coefficient (Wildman–Crippen LogP) is 8.86. The first kappa shape index (κ1) is 40.3. The van der Waals surface area contributed by atoms with Gasteiger partial charge in [0.2, 0.25) is 0 Å². The van der Waals surface area contributed by atoms with Crippen LogP contribution in [0.15, 0.2) is 42.5 Å². The number of esters is 1. The number of rotatable bonds is 27. The van der Waals surface area contributed by atoms with E-state index in [1.54, 1.807) is 6.08 Å². The number of alkyl carbamates (subject to hydrolysis) is 1. The Morgan fingerprint density at radius 2 is 1.28 bits per heavy atom. The average Bonchev–Trinajstić information content (AvgIpc) is 3.07. The maximum absolute atomic E-state index is 12.2. The highest BCUT2D eigenvalue weighted by Crippen LogP contribution is 2.23. The zero-order valence-corrected chi connectivity index (χ0v) is 30.3. The molecule has 0 bridgehead atoms. The van der Waals surface area contributed by atoms with Crippen molar-refractivity contribution in [2.75, 3.05) is 46.2 Å². The molecule has 0 heterocycles. The molecule has 0 saturated heterocycles. The van der Waals surface area contributed by atoms with Crippen LogP contribution in [-0.2, 0) is 27.5 Å². The summed E-state index contributed by atoms with van der Waals surface area (Å²) in [6.45, 7) is 11.5. The number of carbonyl (C=O) groups is 2. The van der Waals surface area contributed by atoms with E-state index in [0.717, 1.165) is 60.8 Å². The van der Waals surface area contributed by atoms with Crippen LogP contribution in [0.4, 0.5) is 4.79 Å². The SMILES string of the molecule is CCCCCCCCOc1ccc2cc(/C=C/C(=O)OCCCCCCOC(=O)NCCC[Si](OCC)(OCC)OCC)ccc2c1. The van der Waals surface area contributed by atoms with Gasteiger partial charge in [-0.05, 0) is 99.9 Å². The lowest BCUT2D eigenvalue weighted by Gasteiger charge is -2.28. The molecule has 0 aliphatic carbocycles. The van der Waals surface area contributed by atoms with E-state index >= 15 is 0 Å². The number of hydrogen-bond donors (Lipinski definition) is 1. The van der Waals surface area contributed by atoms with Crippen molar-refractivity contribution in [1.82, 2.24) is 5.32 Å². The second-order valence-corrected chi connectivity index (χ2v) is 14.2. The minimum atomic E-state index is -2.69. The van der Waals surface area contributed by atoms with Gasteiger partial charge in [-0.1, -0.05) is 57.2 Å². The van der Waals surface area contributed by atoms with Gasteiger partial charge in [-0.25, -0.2) is 9.59 Å². The Hall–Kier alpha value is -2.92. The van der Waals surface area contributed by atoms with Crippen LogP contribution < -0.4 is 10.1 Å². The summed E-state index contributed by atoms with van der Waals surface area (Å²) in [7, 11) is -2.69. The fraction of sp³-hybridized carbons (Fsp3) is 0.622. The Bertz CT molecular complexity index is 1160. The number of ether oxygens (including phenoxy) is 3. The molecule has 1 amide bonds. The molecule has 0 atom stereocenters. The molecule has 0 aliphatic rings. The summed E-state index contributed by atoms with van der Waals surface area (Å²) in [5.41, 5.74) is 0.940. The smallest absolute Gasteiger partial charge is 0.494 e. The van der Waals surface area contributed by atoms with Crippen LogP contribution in [0.2, 0.25) is 6.04 Å². The average molecular weight is 674 g/mol. The van der Waals surface area contributed by atoms with E-state index in [-0.39, 0.29) is 5.97 Å². The van der Waals surface area contributed by atoms with Crippen molar-refractivity contribution in [3.8, 4) is 5.75 Å². The van der Waals surface area contributed by atoms with Crippen molar-refractivity contribution in [3.63, 3.8) is 0 Å². The second kappa shape index (κ2) is 25.1. The minimum Gasteiger partial charge on any atom is -0.494 e. The Morgan fingerprint density at radius 1 is 0.681 bits per heavy atom. The highest BCUT2D eigenvalue weighted by Gasteiger charge is 2.39. The molecular formula is C37H59NO8Si. The lowest BCUT2D eigenvalue weighted by atomic mass is 10.1. The molecule has 47 heavy (non-hydrogen) atoms. The maximum Gasteiger partial charge on any atom is 0.500 e. The van der Waals surface area contributed by atoms with Crippen molar-refractivity contribution in [2.45, 2.75) is 104 Å². The largest absolute Gasteiger partial charge is 0.500 e. The third kappa shape index (κ3) is 17.7. The third-order valence-corrected chi connectivity index (χ3v) is 10.7. The summed E-state index contributed by atoms with van der Waals surface area (Å²) in [4.78, 5) is 24.2. The summed E-state index contributed by atoms with van der Waals surface area (Å²) in [5, 5.41) is 4.98. The number of fused-ring (bicyclic) bond motifs is 1. The van der Waals surface area contributed by atoms with Crippen LogP contribution in [0.3, 0.4) is 0 Å². The summed E-state index contributed by atoms with van der Waals surface area (Å²) in [6, 6.07) is 12.9. The first-order chi connectivity index (χ1) is 22.9. The van der Waals surface area contributed by atoms with Gasteiger partial charge in [-0.15, -0.1) is 0 Å². The fourth-order valence-corrected chi connectivity index (χ4v) is 7.78. The zero-order valence-electron chi connectivity index (χ0n) is 29.3. The van der Waals surface area contributed by atoms with E-state index in [1.807, 2.05) is 39.0 Å². The van der Waals surface area contributed by atoms with Crippen LogP contribution in [0.5, 0.6) is 5.75 Å². The van der Waals surface area contributed by atoms with Gasteiger partial charge in [0.15, 0.2) is 0 Å². The number of nitrogens with one attached hydrogen (secondary N) is 1. The molecule has 0 fully saturated rings. The minimum absolute atomic E-state index is 0.350. The molecule has 264 valence electrons. The van der Waals surface area contributed by atoms with E-state index in [1.165, 1.54) is 38.2 Å². The number of amides is 1. The normalized spacial score (nSPS) is 11.7. The maximum atomic E-state index is 12.2. The third-order valence-electron chi connectivity index (χ3n) is 7.55. The number of carbonyl (C=O) groups excluding carboxylic acids is 2. The van der Waals surface area contributed by atoms with Gasteiger partial charge in [0.05, 0.1) is 19.8 Å². The molecule has 1 N–H and O–H groups in total. The van der Waals surface area contributed by atoms with Gasteiger partial charge >= 0.3 is 20.9 Å². The number of unbranched alkanes of at least 4 members (excludes halogenated alkanes) is 8. The Balaban J connectivity index is 1.54.